The zero-order valence-corrected chi connectivity index (χ0v) is 12.9. The van der Waals surface area contributed by atoms with Gasteiger partial charge in [0, 0.05) is 9.79 Å². The highest BCUT2D eigenvalue weighted by Crippen LogP contribution is 2.32. The molecule has 0 radical (unpaired) electrons. The minimum absolute atomic E-state index is 0.0479. The number of carbonyl (C=O) groups is 1. The van der Waals surface area contributed by atoms with Gasteiger partial charge in [0.1, 0.15) is 5.75 Å². The molecule has 0 aliphatic carbocycles. The summed E-state index contributed by atoms with van der Waals surface area (Å²) in [5.74, 6) is 0.00581. The molecular formula is C17H18O3S. The summed E-state index contributed by atoms with van der Waals surface area (Å²) < 4.78 is 5.14. The van der Waals surface area contributed by atoms with Crippen molar-refractivity contribution in [1.29, 1.82) is 0 Å². The summed E-state index contributed by atoms with van der Waals surface area (Å²) in [6.07, 6.45) is 0.951. The van der Waals surface area contributed by atoms with Gasteiger partial charge >= 0.3 is 5.97 Å². The molecule has 0 aliphatic rings. The molecule has 0 fully saturated rings. The van der Waals surface area contributed by atoms with Gasteiger partial charge in [-0.05, 0) is 47.9 Å². The van der Waals surface area contributed by atoms with Gasteiger partial charge < -0.3 is 9.84 Å². The minimum Gasteiger partial charge on any atom is -0.497 e. The van der Waals surface area contributed by atoms with E-state index in [9.17, 15) is 4.79 Å². The predicted octanol–water partition coefficient (Wildman–Crippen LogP) is 4.04. The van der Waals surface area contributed by atoms with E-state index in [0.717, 1.165) is 33.1 Å². The third kappa shape index (κ3) is 4.26. The van der Waals surface area contributed by atoms with E-state index in [2.05, 4.69) is 13.0 Å². The van der Waals surface area contributed by atoms with Gasteiger partial charge in [-0.2, -0.15) is 0 Å². The zero-order chi connectivity index (χ0) is 15.2. The Kier molecular flexibility index (Phi) is 5.28. The average Bonchev–Trinajstić information content (AvgIpc) is 2.49. The number of hydrogen-bond donors (Lipinski definition) is 1. The van der Waals surface area contributed by atoms with Crippen LogP contribution in [0.4, 0.5) is 0 Å². The second-order valence-electron chi connectivity index (χ2n) is 4.64. The van der Waals surface area contributed by atoms with E-state index in [1.807, 2.05) is 36.4 Å². The molecule has 3 nitrogen and oxygen atoms in total. The maximum Gasteiger partial charge on any atom is 0.307 e. The Morgan fingerprint density at radius 2 is 1.90 bits per heavy atom. The predicted molar refractivity (Wildman–Crippen MR) is 84.3 cm³/mol. The van der Waals surface area contributed by atoms with Crippen molar-refractivity contribution in [3.05, 3.63) is 53.6 Å². The lowest BCUT2D eigenvalue weighted by molar-refractivity contribution is -0.136. The molecule has 0 aromatic heterocycles. The van der Waals surface area contributed by atoms with Crippen LogP contribution >= 0.6 is 11.8 Å². The standard InChI is InChI=1S/C17H18O3S/c1-3-12-4-9-16(13(10-12)11-17(18)19)21-15-7-5-14(20-2)6-8-15/h4-10H,3,11H2,1-2H3,(H,18,19). The minimum atomic E-state index is -0.806. The van der Waals surface area contributed by atoms with E-state index in [-0.39, 0.29) is 6.42 Å². The zero-order valence-electron chi connectivity index (χ0n) is 12.1. The molecule has 0 bridgehead atoms. The Hall–Kier alpha value is -1.94. The molecule has 0 spiro atoms. The maximum absolute atomic E-state index is 11.0. The lowest BCUT2D eigenvalue weighted by Gasteiger charge is -2.10. The van der Waals surface area contributed by atoms with Gasteiger partial charge in [-0.3, -0.25) is 4.79 Å². The second kappa shape index (κ2) is 7.18. The van der Waals surface area contributed by atoms with Gasteiger partial charge in [0.25, 0.3) is 0 Å². The molecule has 0 heterocycles. The molecule has 0 unspecified atom stereocenters. The van der Waals surface area contributed by atoms with Crippen LogP contribution in [0.25, 0.3) is 0 Å². The molecule has 0 amide bonds. The number of benzene rings is 2. The molecule has 0 saturated heterocycles. The lowest BCUT2D eigenvalue weighted by atomic mass is 10.1. The first-order chi connectivity index (χ1) is 10.1. The maximum atomic E-state index is 11.0. The van der Waals surface area contributed by atoms with Gasteiger partial charge in [0.15, 0.2) is 0 Å². The number of ether oxygens (including phenoxy) is 1. The smallest absolute Gasteiger partial charge is 0.307 e. The first-order valence-corrected chi connectivity index (χ1v) is 7.59. The molecule has 0 saturated carbocycles. The normalized spacial score (nSPS) is 10.4. The number of aryl methyl sites for hydroxylation is 1. The first-order valence-electron chi connectivity index (χ1n) is 6.78. The lowest BCUT2D eigenvalue weighted by Crippen LogP contribution is -2.02. The quantitative estimate of drug-likeness (QED) is 0.875. The Balaban J connectivity index is 2.26. The van der Waals surface area contributed by atoms with Crippen molar-refractivity contribution < 1.29 is 14.6 Å². The fourth-order valence-corrected chi connectivity index (χ4v) is 2.95. The van der Waals surface area contributed by atoms with E-state index < -0.39 is 5.97 Å². The van der Waals surface area contributed by atoms with Gasteiger partial charge in [-0.1, -0.05) is 30.8 Å². The monoisotopic (exact) mass is 302 g/mol. The van der Waals surface area contributed by atoms with Crippen molar-refractivity contribution in [2.24, 2.45) is 0 Å². The van der Waals surface area contributed by atoms with Crippen molar-refractivity contribution in [3.63, 3.8) is 0 Å². The van der Waals surface area contributed by atoms with Crippen LogP contribution < -0.4 is 4.74 Å². The topological polar surface area (TPSA) is 46.5 Å². The fourth-order valence-electron chi connectivity index (χ4n) is 2.02. The number of rotatable bonds is 6. The number of carboxylic acids is 1. The molecule has 1 N–H and O–H groups in total. The Labute approximate surface area is 129 Å². The van der Waals surface area contributed by atoms with Gasteiger partial charge in [-0.25, -0.2) is 0 Å². The summed E-state index contributed by atoms with van der Waals surface area (Å²) >= 11 is 1.58. The number of aliphatic carboxylic acids is 1. The molecule has 2 aromatic carbocycles. The fraction of sp³-hybridized carbons (Fsp3) is 0.235. The molecule has 2 aromatic rings. The van der Waals surface area contributed by atoms with Gasteiger partial charge in [-0.15, -0.1) is 0 Å². The largest absolute Gasteiger partial charge is 0.497 e. The molecule has 110 valence electrons. The summed E-state index contributed by atoms with van der Waals surface area (Å²) in [5.41, 5.74) is 2.02. The van der Waals surface area contributed by atoms with Crippen LogP contribution in [-0.4, -0.2) is 18.2 Å². The van der Waals surface area contributed by atoms with Crippen LogP contribution in [0.3, 0.4) is 0 Å². The van der Waals surface area contributed by atoms with Gasteiger partial charge in [0.05, 0.1) is 13.5 Å². The van der Waals surface area contributed by atoms with Crippen LogP contribution in [0, 0.1) is 0 Å². The second-order valence-corrected chi connectivity index (χ2v) is 5.76. The van der Waals surface area contributed by atoms with Crippen LogP contribution in [0.15, 0.2) is 52.3 Å². The van der Waals surface area contributed by atoms with Crippen molar-refractivity contribution in [2.45, 2.75) is 29.6 Å². The van der Waals surface area contributed by atoms with Crippen molar-refractivity contribution in [3.8, 4) is 5.75 Å². The summed E-state index contributed by atoms with van der Waals surface area (Å²) in [7, 11) is 1.64. The summed E-state index contributed by atoms with van der Waals surface area (Å²) in [4.78, 5) is 13.1. The molecular weight excluding hydrogens is 284 g/mol. The Bertz CT molecular complexity index is 620. The van der Waals surface area contributed by atoms with Gasteiger partial charge in [0.2, 0.25) is 0 Å². The van der Waals surface area contributed by atoms with Crippen molar-refractivity contribution >= 4 is 17.7 Å². The summed E-state index contributed by atoms with van der Waals surface area (Å²) in [5, 5.41) is 9.06. The Morgan fingerprint density at radius 1 is 1.19 bits per heavy atom. The SMILES string of the molecule is CCc1ccc(Sc2ccc(OC)cc2)c(CC(=O)O)c1. The molecule has 0 atom stereocenters. The highest BCUT2D eigenvalue weighted by Gasteiger charge is 2.09. The van der Waals surface area contributed by atoms with E-state index >= 15 is 0 Å². The average molecular weight is 302 g/mol. The number of hydrogen-bond acceptors (Lipinski definition) is 3. The van der Waals surface area contributed by atoms with E-state index in [0.29, 0.717) is 0 Å². The van der Waals surface area contributed by atoms with Crippen molar-refractivity contribution in [2.75, 3.05) is 7.11 Å². The first kappa shape index (κ1) is 15.4. The van der Waals surface area contributed by atoms with Crippen LogP contribution in [-0.2, 0) is 17.6 Å². The van der Waals surface area contributed by atoms with E-state index in [4.69, 9.17) is 9.84 Å². The molecule has 0 aliphatic heterocycles. The Morgan fingerprint density at radius 3 is 2.48 bits per heavy atom. The van der Waals surface area contributed by atoms with Crippen LogP contribution in [0.1, 0.15) is 18.1 Å². The third-order valence-corrected chi connectivity index (χ3v) is 4.29. The molecule has 4 heteroatoms. The highest BCUT2D eigenvalue weighted by atomic mass is 32.2. The highest BCUT2D eigenvalue weighted by molar-refractivity contribution is 7.99. The number of carboxylic acid groups (broad SMARTS) is 1. The van der Waals surface area contributed by atoms with E-state index in [1.54, 1.807) is 18.9 Å². The molecule has 21 heavy (non-hydrogen) atoms. The number of methoxy groups -OCH3 is 1. The molecule has 2 rings (SSSR count). The van der Waals surface area contributed by atoms with Crippen LogP contribution in [0.2, 0.25) is 0 Å². The van der Waals surface area contributed by atoms with Crippen LogP contribution in [0.5, 0.6) is 5.75 Å². The van der Waals surface area contributed by atoms with Crippen molar-refractivity contribution in [1.82, 2.24) is 0 Å². The summed E-state index contributed by atoms with van der Waals surface area (Å²) in [6, 6.07) is 13.8. The summed E-state index contributed by atoms with van der Waals surface area (Å²) in [6.45, 7) is 2.07. The van der Waals surface area contributed by atoms with E-state index in [1.165, 1.54) is 0 Å². The third-order valence-electron chi connectivity index (χ3n) is 3.16.